The first-order valence-corrected chi connectivity index (χ1v) is 7.82. The van der Waals surface area contributed by atoms with Crippen LogP contribution in [-0.2, 0) is 0 Å². The summed E-state index contributed by atoms with van der Waals surface area (Å²) >= 11 is 2.45. The standard InChI is InChI=1S/C16H17IN2/c17-14-11-18-15(12-7-3-1-4-8-12)16(19-14)13-9-5-2-6-10-13/h1-10,14-16,18-19H,11H2. The Bertz CT molecular complexity index is 515. The summed E-state index contributed by atoms with van der Waals surface area (Å²) in [5.41, 5.74) is 2.68. The lowest BCUT2D eigenvalue weighted by Crippen LogP contribution is -2.49. The van der Waals surface area contributed by atoms with Gasteiger partial charge in [0.25, 0.3) is 0 Å². The van der Waals surface area contributed by atoms with Crippen molar-refractivity contribution in [2.45, 2.75) is 16.1 Å². The smallest absolute Gasteiger partial charge is 0.0725 e. The fourth-order valence-corrected chi connectivity index (χ4v) is 3.26. The number of hydrogen-bond acceptors (Lipinski definition) is 2. The van der Waals surface area contributed by atoms with Crippen molar-refractivity contribution in [2.24, 2.45) is 0 Å². The Labute approximate surface area is 127 Å². The van der Waals surface area contributed by atoms with E-state index in [1.807, 2.05) is 0 Å². The first-order chi connectivity index (χ1) is 9.34. The molecule has 0 aromatic heterocycles. The number of piperazine rings is 1. The maximum Gasteiger partial charge on any atom is 0.0725 e. The molecule has 3 atom stereocenters. The van der Waals surface area contributed by atoms with E-state index in [4.69, 9.17) is 0 Å². The molecule has 2 aromatic carbocycles. The summed E-state index contributed by atoms with van der Waals surface area (Å²) in [6, 6.07) is 22.0. The van der Waals surface area contributed by atoms with Gasteiger partial charge in [-0.2, -0.15) is 0 Å². The van der Waals surface area contributed by atoms with Gasteiger partial charge in [-0.1, -0.05) is 83.3 Å². The average molecular weight is 364 g/mol. The molecule has 0 spiro atoms. The highest BCUT2D eigenvalue weighted by molar-refractivity contribution is 14.1. The Morgan fingerprint density at radius 3 is 1.89 bits per heavy atom. The quantitative estimate of drug-likeness (QED) is 0.485. The van der Waals surface area contributed by atoms with Crippen LogP contribution in [0, 0.1) is 0 Å². The third-order valence-electron chi connectivity index (χ3n) is 3.53. The van der Waals surface area contributed by atoms with Gasteiger partial charge < -0.3 is 5.32 Å². The van der Waals surface area contributed by atoms with Crippen molar-refractivity contribution in [1.82, 2.24) is 10.6 Å². The molecule has 0 amide bonds. The highest BCUT2D eigenvalue weighted by Gasteiger charge is 2.30. The zero-order chi connectivity index (χ0) is 13.1. The van der Waals surface area contributed by atoms with E-state index in [0.29, 0.717) is 16.1 Å². The summed E-state index contributed by atoms with van der Waals surface area (Å²) in [5.74, 6) is 0. The summed E-state index contributed by atoms with van der Waals surface area (Å²) in [7, 11) is 0. The monoisotopic (exact) mass is 364 g/mol. The molecule has 3 heteroatoms. The minimum Gasteiger partial charge on any atom is -0.306 e. The fourth-order valence-electron chi connectivity index (χ4n) is 2.62. The molecule has 2 aromatic rings. The van der Waals surface area contributed by atoms with Gasteiger partial charge in [0.1, 0.15) is 0 Å². The molecule has 0 bridgehead atoms. The minimum atomic E-state index is 0.319. The minimum absolute atomic E-state index is 0.319. The molecule has 1 heterocycles. The largest absolute Gasteiger partial charge is 0.306 e. The van der Waals surface area contributed by atoms with E-state index >= 15 is 0 Å². The molecule has 1 aliphatic rings. The lowest BCUT2D eigenvalue weighted by atomic mass is 9.92. The molecule has 2 N–H and O–H groups in total. The second-order valence-electron chi connectivity index (χ2n) is 4.82. The highest BCUT2D eigenvalue weighted by atomic mass is 127. The zero-order valence-corrected chi connectivity index (χ0v) is 12.7. The Kier molecular flexibility index (Phi) is 4.15. The van der Waals surface area contributed by atoms with E-state index in [2.05, 4.69) is 93.9 Å². The summed E-state index contributed by atoms with van der Waals surface area (Å²) in [6.07, 6.45) is 0. The van der Waals surface area contributed by atoms with Crippen molar-refractivity contribution < 1.29 is 0 Å². The Morgan fingerprint density at radius 2 is 1.32 bits per heavy atom. The Morgan fingerprint density at radius 1 is 0.789 bits per heavy atom. The van der Waals surface area contributed by atoms with Crippen LogP contribution >= 0.6 is 22.6 Å². The number of nitrogens with one attached hydrogen (secondary N) is 2. The van der Waals surface area contributed by atoms with Gasteiger partial charge in [0.05, 0.1) is 16.1 Å². The molecular formula is C16H17IN2. The van der Waals surface area contributed by atoms with E-state index in [0.717, 1.165) is 6.54 Å². The van der Waals surface area contributed by atoms with Crippen LogP contribution in [0.3, 0.4) is 0 Å². The molecular weight excluding hydrogens is 347 g/mol. The van der Waals surface area contributed by atoms with Crippen LogP contribution in [0.25, 0.3) is 0 Å². The van der Waals surface area contributed by atoms with Crippen molar-refractivity contribution in [1.29, 1.82) is 0 Å². The van der Waals surface area contributed by atoms with Gasteiger partial charge in [-0.3, -0.25) is 5.32 Å². The zero-order valence-electron chi connectivity index (χ0n) is 10.6. The van der Waals surface area contributed by atoms with E-state index in [-0.39, 0.29) is 0 Å². The summed E-state index contributed by atoms with van der Waals surface area (Å²) in [6.45, 7) is 0.990. The van der Waals surface area contributed by atoms with Crippen LogP contribution in [0.5, 0.6) is 0 Å². The topological polar surface area (TPSA) is 24.1 Å². The fraction of sp³-hybridized carbons (Fsp3) is 0.250. The normalized spacial score (nSPS) is 27.1. The number of hydrogen-bond donors (Lipinski definition) is 2. The van der Waals surface area contributed by atoms with Crippen LogP contribution in [0.4, 0.5) is 0 Å². The summed E-state index contributed by atoms with van der Waals surface area (Å²) in [4.78, 5) is 0. The third kappa shape index (κ3) is 2.99. The van der Waals surface area contributed by atoms with Crippen LogP contribution in [0.15, 0.2) is 60.7 Å². The number of rotatable bonds is 2. The lowest BCUT2D eigenvalue weighted by molar-refractivity contribution is 0.325. The maximum atomic E-state index is 3.71. The molecule has 3 rings (SSSR count). The second kappa shape index (κ2) is 6.03. The van der Waals surface area contributed by atoms with Gasteiger partial charge in [-0.25, -0.2) is 0 Å². The maximum absolute atomic E-state index is 3.71. The number of alkyl halides is 1. The van der Waals surface area contributed by atoms with Crippen molar-refractivity contribution in [3.05, 3.63) is 71.8 Å². The Hall–Kier alpha value is -0.910. The highest BCUT2D eigenvalue weighted by Crippen LogP contribution is 2.32. The van der Waals surface area contributed by atoms with Crippen molar-refractivity contribution >= 4 is 22.6 Å². The van der Waals surface area contributed by atoms with Gasteiger partial charge in [0.15, 0.2) is 0 Å². The second-order valence-corrected chi connectivity index (χ2v) is 6.32. The SMILES string of the molecule is IC1CNC(c2ccccc2)C(c2ccccc2)N1. The van der Waals surface area contributed by atoms with E-state index in [1.54, 1.807) is 0 Å². The summed E-state index contributed by atoms with van der Waals surface area (Å²) in [5, 5.41) is 7.37. The molecule has 2 nitrogen and oxygen atoms in total. The van der Waals surface area contributed by atoms with Crippen LogP contribution in [0.1, 0.15) is 23.2 Å². The van der Waals surface area contributed by atoms with Gasteiger partial charge in [0.2, 0.25) is 0 Å². The van der Waals surface area contributed by atoms with Crippen molar-refractivity contribution in [3.8, 4) is 0 Å². The van der Waals surface area contributed by atoms with Gasteiger partial charge >= 0.3 is 0 Å². The predicted molar refractivity (Wildman–Crippen MR) is 87.3 cm³/mol. The average Bonchev–Trinajstić information content (AvgIpc) is 2.49. The molecule has 0 saturated carbocycles. The summed E-state index contributed by atoms with van der Waals surface area (Å²) < 4.78 is 0.461. The van der Waals surface area contributed by atoms with E-state index in [9.17, 15) is 0 Å². The molecule has 19 heavy (non-hydrogen) atoms. The lowest BCUT2D eigenvalue weighted by Gasteiger charge is -2.37. The molecule has 1 aliphatic heterocycles. The molecule has 1 fully saturated rings. The van der Waals surface area contributed by atoms with Crippen LogP contribution in [0.2, 0.25) is 0 Å². The van der Waals surface area contributed by atoms with Crippen LogP contribution in [-0.4, -0.2) is 10.6 Å². The van der Waals surface area contributed by atoms with Gasteiger partial charge in [0, 0.05) is 6.54 Å². The van der Waals surface area contributed by atoms with Crippen LogP contribution < -0.4 is 10.6 Å². The number of halogens is 1. The Balaban J connectivity index is 1.93. The van der Waals surface area contributed by atoms with Gasteiger partial charge in [-0.15, -0.1) is 0 Å². The van der Waals surface area contributed by atoms with Crippen molar-refractivity contribution in [2.75, 3.05) is 6.54 Å². The predicted octanol–water partition coefficient (Wildman–Crippen LogP) is 3.42. The van der Waals surface area contributed by atoms with E-state index < -0.39 is 0 Å². The molecule has 0 aliphatic carbocycles. The first-order valence-electron chi connectivity index (χ1n) is 6.58. The number of benzene rings is 2. The third-order valence-corrected chi connectivity index (χ3v) is 4.33. The molecule has 1 saturated heterocycles. The molecule has 98 valence electrons. The van der Waals surface area contributed by atoms with Crippen molar-refractivity contribution in [3.63, 3.8) is 0 Å². The first kappa shape index (κ1) is 13.1. The molecule has 0 radical (unpaired) electrons. The van der Waals surface area contributed by atoms with Gasteiger partial charge in [-0.05, 0) is 11.1 Å². The molecule has 3 unspecified atom stereocenters. The van der Waals surface area contributed by atoms with E-state index in [1.165, 1.54) is 11.1 Å².